The van der Waals surface area contributed by atoms with Crippen LogP contribution in [0.5, 0.6) is 0 Å². The van der Waals surface area contributed by atoms with Crippen LogP contribution in [0, 0.1) is 6.92 Å². The molecule has 128 valence electrons. The lowest BCUT2D eigenvalue weighted by molar-refractivity contribution is 0.552. The van der Waals surface area contributed by atoms with Crippen molar-refractivity contribution in [1.82, 2.24) is 9.55 Å². The van der Waals surface area contributed by atoms with E-state index in [1.54, 1.807) is 0 Å². The highest BCUT2D eigenvalue weighted by molar-refractivity contribution is 6.08. The molecule has 0 N–H and O–H groups in total. The molecule has 0 fully saturated rings. The quantitative estimate of drug-likeness (QED) is 0.404. The molecule has 0 unspecified atom stereocenters. The molecule has 2 nitrogen and oxygen atoms in total. The van der Waals surface area contributed by atoms with Crippen molar-refractivity contribution in [2.24, 2.45) is 0 Å². The van der Waals surface area contributed by atoms with Crippen LogP contribution in [0.3, 0.4) is 0 Å². The summed E-state index contributed by atoms with van der Waals surface area (Å²) >= 11 is 0. The van der Waals surface area contributed by atoms with Gasteiger partial charge in [0, 0.05) is 29.0 Å². The first-order chi connectivity index (χ1) is 11.8. The van der Waals surface area contributed by atoms with E-state index in [1.165, 1.54) is 73.2 Å². The standard InChI is InChI=1S/C22H30N2/c1-3-4-5-6-7-8-9-12-17-24-21-14-11-10-13-19(21)20-15-16-23-18(2)22(20)24/h10-11,13-16H,3-9,12,17H2,1-2H3. The van der Waals surface area contributed by atoms with Gasteiger partial charge in [0.25, 0.3) is 0 Å². The lowest BCUT2D eigenvalue weighted by Gasteiger charge is -2.09. The molecule has 3 rings (SSSR count). The predicted octanol–water partition coefficient (Wildman–Crippen LogP) is 6.64. The number of para-hydroxylation sites is 1. The molecular formula is C22H30N2. The summed E-state index contributed by atoms with van der Waals surface area (Å²) in [5.74, 6) is 0. The number of aromatic nitrogens is 2. The molecular weight excluding hydrogens is 292 g/mol. The van der Waals surface area contributed by atoms with Crippen molar-refractivity contribution >= 4 is 21.8 Å². The van der Waals surface area contributed by atoms with E-state index in [-0.39, 0.29) is 0 Å². The van der Waals surface area contributed by atoms with E-state index in [1.807, 2.05) is 6.20 Å². The molecule has 0 saturated carbocycles. The van der Waals surface area contributed by atoms with E-state index >= 15 is 0 Å². The highest BCUT2D eigenvalue weighted by atomic mass is 15.0. The van der Waals surface area contributed by atoms with Gasteiger partial charge in [0.2, 0.25) is 0 Å². The van der Waals surface area contributed by atoms with Gasteiger partial charge in [-0.15, -0.1) is 0 Å². The molecule has 2 heteroatoms. The fourth-order valence-electron chi connectivity index (χ4n) is 3.81. The van der Waals surface area contributed by atoms with Crippen LogP contribution in [0.25, 0.3) is 21.8 Å². The van der Waals surface area contributed by atoms with Crippen molar-refractivity contribution in [2.45, 2.75) is 71.8 Å². The van der Waals surface area contributed by atoms with E-state index < -0.39 is 0 Å². The highest BCUT2D eigenvalue weighted by Crippen LogP contribution is 2.30. The number of aryl methyl sites for hydroxylation is 2. The van der Waals surface area contributed by atoms with Gasteiger partial charge in [-0.3, -0.25) is 4.98 Å². The van der Waals surface area contributed by atoms with Gasteiger partial charge in [0.15, 0.2) is 0 Å². The Morgan fingerprint density at radius 1 is 0.833 bits per heavy atom. The average molecular weight is 322 g/mol. The van der Waals surface area contributed by atoms with Crippen molar-refractivity contribution in [1.29, 1.82) is 0 Å². The zero-order valence-corrected chi connectivity index (χ0v) is 15.2. The summed E-state index contributed by atoms with van der Waals surface area (Å²) in [4.78, 5) is 4.53. The van der Waals surface area contributed by atoms with Crippen molar-refractivity contribution < 1.29 is 0 Å². The summed E-state index contributed by atoms with van der Waals surface area (Å²) in [6.07, 6.45) is 12.8. The van der Waals surface area contributed by atoms with E-state index in [0.717, 1.165) is 12.2 Å². The molecule has 0 atom stereocenters. The molecule has 1 aromatic carbocycles. The maximum absolute atomic E-state index is 4.53. The maximum atomic E-state index is 4.53. The number of hydrogen-bond acceptors (Lipinski definition) is 1. The summed E-state index contributed by atoms with van der Waals surface area (Å²) in [6.45, 7) is 5.51. The lowest BCUT2D eigenvalue weighted by Crippen LogP contribution is -1.99. The molecule has 24 heavy (non-hydrogen) atoms. The normalized spacial score (nSPS) is 11.6. The molecule has 0 saturated heterocycles. The Morgan fingerprint density at radius 2 is 1.54 bits per heavy atom. The average Bonchev–Trinajstić information content (AvgIpc) is 2.93. The number of nitrogens with zero attached hydrogens (tertiary/aromatic N) is 2. The minimum atomic E-state index is 1.10. The molecule has 0 aliphatic heterocycles. The monoisotopic (exact) mass is 322 g/mol. The van der Waals surface area contributed by atoms with Crippen LogP contribution in [0.1, 0.15) is 64.0 Å². The maximum Gasteiger partial charge on any atom is 0.0707 e. The molecule has 3 aromatic rings. The smallest absolute Gasteiger partial charge is 0.0707 e. The van der Waals surface area contributed by atoms with Crippen molar-refractivity contribution in [3.8, 4) is 0 Å². The van der Waals surface area contributed by atoms with Crippen LogP contribution in [-0.4, -0.2) is 9.55 Å². The summed E-state index contributed by atoms with van der Waals surface area (Å²) in [5, 5.41) is 2.70. The zero-order chi connectivity index (χ0) is 16.8. The Hall–Kier alpha value is -1.83. The second kappa shape index (κ2) is 8.32. The zero-order valence-electron chi connectivity index (χ0n) is 15.2. The topological polar surface area (TPSA) is 17.8 Å². The van der Waals surface area contributed by atoms with E-state index in [2.05, 4.69) is 53.7 Å². The molecule has 2 heterocycles. The Labute approximate surface area is 145 Å². The number of hydrogen-bond donors (Lipinski definition) is 0. The fourth-order valence-corrected chi connectivity index (χ4v) is 3.81. The molecule has 0 amide bonds. The number of unbranched alkanes of at least 4 members (excludes halogenated alkanes) is 7. The van der Waals surface area contributed by atoms with E-state index in [9.17, 15) is 0 Å². The molecule has 0 aliphatic rings. The second-order valence-electron chi connectivity index (χ2n) is 6.94. The van der Waals surface area contributed by atoms with Crippen LogP contribution >= 0.6 is 0 Å². The van der Waals surface area contributed by atoms with Gasteiger partial charge < -0.3 is 4.57 Å². The second-order valence-corrected chi connectivity index (χ2v) is 6.94. The van der Waals surface area contributed by atoms with Crippen molar-refractivity contribution in [3.05, 3.63) is 42.2 Å². The van der Waals surface area contributed by atoms with E-state index in [0.29, 0.717) is 0 Å². The van der Waals surface area contributed by atoms with Gasteiger partial charge in [-0.05, 0) is 25.5 Å². The van der Waals surface area contributed by atoms with Crippen LogP contribution in [0.2, 0.25) is 0 Å². The summed E-state index contributed by atoms with van der Waals surface area (Å²) in [7, 11) is 0. The highest BCUT2D eigenvalue weighted by Gasteiger charge is 2.12. The van der Waals surface area contributed by atoms with Gasteiger partial charge in [-0.2, -0.15) is 0 Å². The number of rotatable bonds is 9. The van der Waals surface area contributed by atoms with E-state index in [4.69, 9.17) is 0 Å². The summed E-state index contributed by atoms with van der Waals surface area (Å²) < 4.78 is 2.49. The summed E-state index contributed by atoms with van der Waals surface area (Å²) in [5.41, 5.74) is 3.82. The van der Waals surface area contributed by atoms with Gasteiger partial charge in [-0.25, -0.2) is 0 Å². The third-order valence-electron chi connectivity index (χ3n) is 5.10. The number of fused-ring (bicyclic) bond motifs is 3. The first kappa shape index (κ1) is 17.0. The third kappa shape index (κ3) is 3.63. The fraction of sp³-hybridized carbons (Fsp3) is 0.500. The Balaban J connectivity index is 1.67. The molecule has 2 aromatic heterocycles. The number of pyridine rings is 1. The van der Waals surface area contributed by atoms with Gasteiger partial charge in [-0.1, -0.05) is 70.1 Å². The lowest BCUT2D eigenvalue weighted by atomic mass is 10.1. The largest absolute Gasteiger partial charge is 0.339 e. The molecule has 0 bridgehead atoms. The predicted molar refractivity (Wildman–Crippen MR) is 105 cm³/mol. The molecule has 0 radical (unpaired) electrons. The van der Waals surface area contributed by atoms with Crippen molar-refractivity contribution in [2.75, 3.05) is 0 Å². The first-order valence-electron chi connectivity index (χ1n) is 9.65. The van der Waals surface area contributed by atoms with Crippen LogP contribution in [-0.2, 0) is 6.54 Å². The third-order valence-corrected chi connectivity index (χ3v) is 5.10. The van der Waals surface area contributed by atoms with Gasteiger partial charge in [0.1, 0.15) is 0 Å². The Morgan fingerprint density at radius 3 is 2.33 bits per heavy atom. The van der Waals surface area contributed by atoms with Crippen LogP contribution in [0.15, 0.2) is 36.5 Å². The minimum Gasteiger partial charge on any atom is -0.339 e. The number of benzene rings is 1. The molecule has 0 aliphatic carbocycles. The Bertz CT molecular complexity index is 785. The summed E-state index contributed by atoms with van der Waals surface area (Å²) in [6, 6.07) is 10.9. The minimum absolute atomic E-state index is 1.10. The van der Waals surface area contributed by atoms with Crippen LogP contribution < -0.4 is 0 Å². The SMILES string of the molecule is CCCCCCCCCCn1c2ccccc2c2ccnc(C)c21. The van der Waals surface area contributed by atoms with Gasteiger partial charge >= 0.3 is 0 Å². The van der Waals surface area contributed by atoms with Crippen LogP contribution in [0.4, 0.5) is 0 Å². The first-order valence-corrected chi connectivity index (χ1v) is 9.65. The van der Waals surface area contributed by atoms with Crippen molar-refractivity contribution in [3.63, 3.8) is 0 Å². The van der Waals surface area contributed by atoms with Gasteiger partial charge in [0.05, 0.1) is 11.2 Å². The molecule has 0 spiro atoms. The Kier molecular flexibility index (Phi) is 5.90.